The number of hydrogen-bond acceptors (Lipinski definition) is 4. The average molecular weight is 375 g/mol. The van der Waals surface area contributed by atoms with Crippen molar-refractivity contribution in [3.05, 3.63) is 64.0 Å². The Morgan fingerprint density at radius 2 is 1.84 bits per heavy atom. The van der Waals surface area contributed by atoms with E-state index in [0.717, 1.165) is 10.1 Å². The van der Waals surface area contributed by atoms with Gasteiger partial charge in [-0.2, -0.15) is 0 Å². The number of thiophene rings is 1. The van der Waals surface area contributed by atoms with Gasteiger partial charge in [0.05, 0.1) is 11.6 Å². The van der Waals surface area contributed by atoms with Crippen molar-refractivity contribution in [1.82, 2.24) is 10.9 Å². The molecule has 3 aromatic rings. The number of nitrogens with one attached hydrogen (secondary N) is 2. The highest BCUT2D eigenvalue weighted by molar-refractivity contribution is 7.21. The zero-order chi connectivity index (χ0) is 17.8. The largest absolute Gasteiger partial charge is 0.494 e. The molecule has 0 saturated heterocycles. The highest BCUT2D eigenvalue weighted by atomic mass is 35.5. The van der Waals surface area contributed by atoms with Crippen molar-refractivity contribution in [2.24, 2.45) is 0 Å². The number of halogens is 1. The van der Waals surface area contributed by atoms with E-state index < -0.39 is 11.8 Å². The fraction of sp³-hybridized carbons (Fsp3) is 0.111. The van der Waals surface area contributed by atoms with E-state index >= 15 is 0 Å². The predicted molar refractivity (Wildman–Crippen MR) is 99.4 cm³/mol. The molecule has 0 aliphatic heterocycles. The minimum Gasteiger partial charge on any atom is -0.494 e. The maximum Gasteiger partial charge on any atom is 0.281 e. The van der Waals surface area contributed by atoms with Crippen LogP contribution in [0.3, 0.4) is 0 Å². The first-order chi connectivity index (χ1) is 12.1. The summed E-state index contributed by atoms with van der Waals surface area (Å²) < 4.78 is 6.27. The lowest BCUT2D eigenvalue weighted by atomic mass is 10.2. The first-order valence-electron chi connectivity index (χ1n) is 7.60. The Labute approximate surface area is 153 Å². The van der Waals surface area contributed by atoms with Gasteiger partial charge < -0.3 is 4.74 Å². The van der Waals surface area contributed by atoms with Crippen molar-refractivity contribution in [1.29, 1.82) is 0 Å². The van der Waals surface area contributed by atoms with Crippen LogP contribution in [0.4, 0.5) is 0 Å². The Hall–Kier alpha value is -2.57. The SMILES string of the molecule is CCOc1cccc(C(=O)NNC(=O)c2sc3ccccc3c2Cl)c1. The van der Waals surface area contributed by atoms with Crippen LogP contribution in [0, 0.1) is 0 Å². The normalized spacial score (nSPS) is 10.5. The lowest BCUT2D eigenvalue weighted by molar-refractivity contribution is 0.0849. The molecular weight excluding hydrogens is 360 g/mol. The third-order valence-corrected chi connectivity index (χ3v) is 5.11. The van der Waals surface area contributed by atoms with E-state index in [1.807, 2.05) is 31.2 Å². The van der Waals surface area contributed by atoms with Crippen LogP contribution in [-0.4, -0.2) is 18.4 Å². The molecule has 0 fully saturated rings. The van der Waals surface area contributed by atoms with Crippen molar-refractivity contribution in [2.75, 3.05) is 6.61 Å². The summed E-state index contributed by atoms with van der Waals surface area (Å²) in [6.45, 7) is 2.37. The smallest absolute Gasteiger partial charge is 0.281 e. The lowest BCUT2D eigenvalue weighted by Crippen LogP contribution is -2.41. The molecule has 0 saturated carbocycles. The minimum absolute atomic E-state index is 0.353. The van der Waals surface area contributed by atoms with E-state index in [2.05, 4.69) is 10.9 Å². The van der Waals surface area contributed by atoms with Crippen LogP contribution in [0.2, 0.25) is 5.02 Å². The second-order valence-corrected chi connectivity index (χ2v) is 6.54. The van der Waals surface area contributed by atoms with Crippen molar-refractivity contribution < 1.29 is 14.3 Å². The number of fused-ring (bicyclic) bond motifs is 1. The van der Waals surface area contributed by atoms with Gasteiger partial charge in [0.15, 0.2) is 0 Å². The topological polar surface area (TPSA) is 67.4 Å². The Balaban J connectivity index is 1.70. The summed E-state index contributed by atoms with van der Waals surface area (Å²) in [5.41, 5.74) is 5.17. The summed E-state index contributed by atoms with van der Waals surface area (Å²) >= 11 is 7.53. The number of carbonyl (C=O) groups excluding carboxylic acids is 2. The summed E-state index contributed by atoms with van der Waals surface area (Å²) in [6, 6.07) is 14.2. The quantitative estimate of drug-likeness (QED) is 0.677. The number of hydrogen-bond donors (Lipinski definition) is 2. The molecule has 0 atom stereocenters. The molecular formula is C18H15ClN2O3S. The Kier molecular flexibility index (Phi) is 5.21. The van der Waals surface area contributed by atoms with E-state index in [-0.39, 0.29) is 0 Å². The number of benzene rings is 2. The van der Waals surface area contributed by atoms with Gasteiger partial charge in [-0.25, -0.2) is 0 Å². The standard InChI is InChI=1S/C18H15ClN2O3S/c1-2-24-12-7-5-6-11(10-12)17(22)20-21-18(23)16-15(19)13-8-3-4-9-14(13)25-16/h3-10H,2H2,1H3,(H,20,22)(H,21,23). The fourth-order valence-corrected chi connectivity index (χ4v) is 3.71. The molecule has 128 valence electrons. The molecule has 0 unspecified atom stereocenters. The van der Waals surface area contributed by atoms with Crippen molar-refractivity contribution >= 4 is 44.8 Å². The molecule has 25 heavy (non-hydrogen) atoms. The van der Waals surface area contributed by atoms with Crippen LogP contribution in [-0.2, 0) is 0 Å². The van der Waals surface area contributed by atoms with Gasteiger partial charge in [0.2, 0.25) is 0 Å². The monoisotopic (exact) mass is 374 g/mol. The molecule has 2 amide bonds. The zero-order valence-electron chi connectivity index (χ0n) is 13.3. The van der Waals surface area contributed by atoms with E-state index in [0.29, 0.717) is 27.8 Å². The maximum atomic E-state index is 12.3. The van der Waals surface area contributed by atoms with Gasteiger partial charge in [-0.3, -0.25) is 20.4 Å². The molecule has 3 rings (SSSR count). The zero-order valence-corrected chi connectivity index (χ0v) is 14.9. The molecule has 0 bridgehead atoms. The summed E-state index contributed by atoms with van der Waals surface area (Å²) in [5, 5.41) is 1.20. The van der Waals surface area contributed by atoms with Crippen molar-refractivity contribution in [3.8, 4) is 5.75 Å². The van der Waals surface area contributed by atoms with E-state index in [1.54, 1.807) is 24.3 Å². The van der Waals surface area contributed by atoms with Gasteiger partial charge in [-0.15, -0.1) is 11.3 Å². The number of amides is 2. The van der Waals surface area contributed by atoms with Gasteiger partial charge >= 0.3 is 0 Å². The predicted octanol–water partition coefficient (Wildman–Crippen LogP) is 4.03. The Bertz CT molecular complexity index is 939. The number of hydrazine groups is 1. The van der Waals surface area contributed by atoms with Crippen LogP contribution in [0.15, 0.2) is 48.5 Å². The molecule has 2 N–H and O–H groups in total. The number of carbonyl (C=O) groups is 2. The van der Waals surface area contributed by atoms with Gasteiger partial charge in [-0.05, 0) is 31.2 Å². The lowest BCUT2D eigenvalue weighted by Gasteiger charge is -2.08. The Morgan fingerprint density at radius 1 is 1.08 bits per heavy atom. The van der Waals surface area contributed by atoms with Crippen LogP contribution in [0.5, 0.6) is 5.75 Å². The molecule has 7 heteroatoms. The minimum atomic E-state index is -0.458. The van der Waals surface area contributed by atoms with E-state index in [1.165, 1.54) is 11.3 Å². The van der Waals surface area contributed by atoms with Crippen LogP contribution < -0.4 is 15.6 Å². The molecule has 0 radical (unpaired) electrons. The van der Waals surface area contributed by atoms with Gasteiger partial charge in [0.1, 0.15) is 10.6 Å². The van der Waals surface area contributed by atoms with E-state index in [4.69, 9.17) is 16.3 Å². The summed E-state index contributed by atoms with van der Waals surface area (Å²) in [6.07, 6.45) is 0. The number of ether oxygens (including phenoxy) is 1. The highest BCUT2D eigenvalue weighted by Gasteiger charge is 2.17. The molecule has 0 aliphatic carbocycles. The molecule has 1 heterocycles. The summed E-state index contributed by atoms with van der Waals surface area (Å²) in [7, 11) is 0. The van der Waals surface area contributed by atoms with Gasteiger partial charge in [0, 0.05) is 15.6 Å². The van der Waals surface area contributed by atoms with Crippen LogP contribution >= 0.6 is 22.9 Å². The summed E-state index contributed by atoms with van der Waals surface area (Å²) in [5.74, 6) is -0.304. The van der Waals surface area contributed by atoms with Crippen molar-refractivity contribution in [2.45, 2.75) is 6.92 Å². The first-order valence-corrected chi connectivity index (χ1v) is 8.80. The third kappa shape index (κ3) is 3.75. The molecule has 0 spiro atoms. The number of rotatable bonds is 4. The van der Waals surface area contributed by atoms with Gasteiger partial charge in [-0.1, -0.05) is 35.9 Å². The summed E-state index contributed by atoms with van der Waals surface area (Å²) in [4.78, 5) is 24.9. The fourth-order valence-electron chi connectivity index (χ4n) is 2.30. The third-order valence-electron chi connectivity index (χ3n) is 3.44. The molecule has 1 aromatic heterocycles. The second kappa shape index (κ2) is 7.55. The highest BCUT2D eigenvalue weighted by Crippen LogP contribution is 2.34. The van der Waals surface area contributed by atoms with Crippen LogP contribution in [0.1, 0.15) is 27.0 Å². The Morgan fingerprint density at radius 3 is 2.60 bits per heavy atom. The van der Waals surface area contributed by atoms with Gasteiger partial charge in [0.25, 0.3) is 11.8 Å². The van der Waals surface area contributed by atoms with E-state index in [9.17, 15) is 9.59 Å². The maximum absolute atomic E-state index is 12.3. The second-order valence-electron chi connectivity index (χ2n) is 5.11. The van der Waals surface area contributed by atoms with Crippen molar-refractivity contribution in [3.63, 3.8) is 0 Å². The van der Waals surface area contributed by atoms with Crippen LogP contribution in [0.25, 0.3) is 10.1 Å². The molecule has 2 aromatic carbocycles. The molecule has 0 aliphatic rings. The average Bonchev–Trinajstić information content (AvgIpc) is 2.97. The first kappa shape index (κ1) is 17.3. The molecule has 5 nitrogen and oxygen atoms in total.